The van der Waals surface area contributed by atoms with E-state index in [2.05, 4.69) is 20.2 Å². The van der Waals surface area contributed by atoms with Crippen molar-refractivity contribution < 1.29 is 9.53 Å². The van der Waals surface area contributed by atoms with Crippen LogP contribution < -0.4 is 15.0 Å². The molecule has 1 aromatic rings. The molecule has 2 aliphatic rings. The molecule has 1 saturated carbocycles. The first-order valence-corrected chi connectivity index (χ1v) is 8.68. The fourth-order valence-corrected chi connectivity index (χ4v) is 3.51. The second-order valence-corrected chi connectivity index (χ2v) is 6.50. The topological polar surface area (TPSA) is 67.3 Å². The van der Waals surface area contributed by atoms with Crippen molar-refractivity contribution in [3.05, 3.63) is 12.3 Å². The summed E-state index contributed by atoms with van der Waals surface area (Å²) < 4.78 is 5.15. The van der Waals surface area contributed by atoms with Crippen molar-refractivity contribution in [2.24, 2.45) is 5.92 Å². The lowest BCUT2D eigenvalue weighted by Gasteiger charge is -2.33. The number of carbonyl (C=O) groups is 1. The quantitative estimate of drug-likeness (QED) is 0.921. The molecule has 6 nitrogen and oxygen atoms in total. The maximum absolute atomic E-state index is 12.3. The summed E-state index contributed by atoms with van der Waals surface area (Å²) in [6.45, 7) is 1.73. The van der Waals surface area contributed by atoms with Crippen molar-refractivity contribution >= 4 is 11.9 Å². The van der Waals surface area contributed by atoms with Gasteiger partial charge in [0.05, 0.1) is 7.11 Å². The summed E-state index contributed by atoms with van der Waals surface area (Å²) in [5.41, 5.74) is 0. The molecule has 0 aromatic carbocycles. The van der Waals surface area contributed by atoms with Crippen molar-refractivity contribution in [2.75, 3.05) is 25.1 Å². The van der Waals surface area contributed by atoms with Crippen LogP contribution in [0.5, 0.6) is 5.88 Å². The lowest BCUT2D eigenvalue weighted by molar-refractivity contribution is -0.126. The standard InChI is InChI=1S/C17H26N4O2/c1-23-15-7-10-18-17(20-15)21-11-8-14(9-12-21)19-16(22)13-5-3-2-4-6-13/h7,10,13-14H,2-6,8-9,11-12H2,1H3,(H,19,22). The van der Waals surface area contributed by atoms with Gasteiger partial charge in [-0.1, -0.05) is 19.3 Å². The lowest BCUT2D eigenvalue weighted by Crippen LogP contribution is -2.47. The number of nitrogens with one attached hydrogen (secondary N) is 1. The van der Waals surface area contributed by atoms with Gasteiger partial charge in [0.25, 0.3) is 0 Å². The monoisotopic (exact) mass is 318 g/mol. The summed E-state index contributed by atoms with van der Waals surface area (Å²) in [6.07, 6.45) is 9.40. The Morgan fingerprint density at radius 3 is 2.65 bits per heavy atom. The molecule has 1 aromatic heterocycles. The minimum Gasteiger partial charge on any atom is -0.481 e. The van der Waals surface area contributed by atoms with Gasteiger partial charge in [0, 0.05) is 37.3 Å². The predicted octanol–water partition coefficient (Wildman–Crippen LogP) is 2.15. The number of amides is 1. The maximum atomic E-state index is 12.3. The molecule has 1 N–H and O–H groups in total. The van der Waals surface area contributed by atoms with Crippen LogP contribution in [0.25, 0.3) is 0 Å². The number of piperidine rings is 1. The maximum Gasteiger partial charge on any atom is 0.228 e. The summed E-state index contributed by atoms with van der Waals surface area (Å²) in [5.74, 6) is 1.80. The predicted molar refractivity (Wildman–Crippen MR) is 88.5 cm³/mol. The molecule has 1 aliphatic heterocycles. The fourth-order valence-electron chi connectivity index (χ4n) is 3.51. The van der Waals surface area contributed by atoms with Crippen LogP contribution in [-0.2, 0) is 4.79 Å². The van der Waals surface area contributed by atoms with Gasteiger partial charge in [-0.15, -0.1) is 0 Å². The van der Waals surface area contributed by atoms with Crippen LogP contribution in [0.3, 0.4) is 0 Å². The molecular weight excluding hydrogens is 292 g/mol. The van der Waals surface area contributed by atoms with Crippen molar-refractivity contribution in [3.8, 4) is 5.88 Å². The Kier molecular flexibility index (Phi) is 5.31. The van der Waals surface area contributed by atoms with Crippen molar-refractivity contribution in [1.82, 2.24) is 15.3 Å². The fraction of sp³-hybridized carbons (Fsp3) is 0.706. The van der Waals surface area contributed by atoms with E-state index >= 15 is 0 Å². The zero-order valence-electron chi connectivity index (χ0n) is 13.8. The van der Waals surface area contributed by atoms with Gasteiger partial charge in [-0.2, -0.15) is 4.98 Å². The van der Waals surface area contributed by atoms with Crippen LogP contribution >= 0.6 is 0 Å². The van der Waals surface area contributed by atoms with Crippen LogP contribution in [0.1, 0.15) is 44.9 Å². The number of hydrogen-bond donors (Lipinski definition) is 1. The highest BCUT2D eigenvalue weighted by Gasteiger charge is 2.26. The number of aromatic nitrogens is 2. The average molecular weight is 318 g/mol. The van der Waals surface area contributed by atoms with E-state index in [0.29, 0.717) is 11.8 Å². The van der Waals surface area contributed by atoms with Crippen LogP contribution in [0, 0.1) is 5.92 Å². The van der Waals surface area contributed by atoms with Crippen molar-refractivity contribution in [2.45, 2.75) is 51.0 Å². The summed E-state index contributed by atoms with van der Waals surface area (Å²) >= 11 is 0. The molecular formula is C17H26N4O2. The number of anilines is 1. The SMILES string of the molecule is COc1ccnc(N2CCC(NC(=O)C3CCCCC3)CC2)n1. The van der Waals surface area contributed by atoms with E-state index in [-0.39, 0.29) is 17.9 Å². The number of rotatable bonds is 4. The first-order valence-electron chi connectivity index (χ1n) is 8.68. The van der Waals surface area contributed by atoms with Gasteiger partial charge < -0.3 is 15.0 Å². The van der Waals surface area contributed by atoms with E-state index in [1.807, 2.05) is 0 Å². The Balaban J connectivity index is 1.49. The molecule has 2 heterocycles. The van der Waals surface area contributed by atoms with E-state index in [4.69, 9.17) is 4.74 Å². The van der Waals surface area contributed by atoms with E-state index in [0.717, 1.165) is 38.8 Å². The molecule has 2 fully saturated rings. The van der Waals surface area contributed by atoms with Gasteiger partial charge in [-0.3, -0.25) is 4.79 Å². The molecule has 6 heteroatoms. The first kappa shape index (κ1) is 16.0. The van der Waals surface area contributed by atoms with Gasteiger partial charge in [-0.25, -0.2) is 4.98 Å². The van der Waals surface area contributed by atoms with E-state index in [9.17, 15) is 4.79 Å². The molecule has 0 atom stereocenters. The highest BCUT2D eigenvalue weighted by atomic mass is 16.5. The van der Waals surface area contributed by atoms with Gasteiger partial charge in [0.15, 0.2) is 0 Å². The second-order valence-electron chi connectivity index (χ2n) is 6.50. The summed E-state index contributed by atoms with van der Waals surface area (Å²) in [4.78, 5) is 23.2. The highest BCUT2D eigenvalue weighted by molar-refractivity contribution is 5.79. The van der Waals surface area contributed by atoms with Crippen molar-refractivity contribution in [1.29, 1.82) is 0 Å². The Labute approximate surface area is 137 Å². The molecule has 0 bridgehead atoms. The third-order valence-electron chi connectivity index (χ3n) is 4.93. The minimum atomic E-state index is 0.239. The first-order chi connectivity index (χ1) is 11.3. The summed E-state index contributed by atoms with van der Waals surface area (Å²) in [7, 11) is 1.61. The normalized spacial score (nSPS) is 20.3. The van der Waals surface area contributed by atoms with Crippen LogP contribution in [0.4, 0.5) is 5.95 Å². The molecule has 0 spiro atoms. The van der Waals surface area contributed by atoms with Gasteiger partial charge in [0.2, 0.25) is 17.7 Å². The van der Waals surface area contributed by atoms with Crippen LogP contribution in [-0.4, -0.2) is 42.1 Å². The van der Waals surface area contributed by atoms with Gasteiger partial charge in [-0.05, 0) is 25.7 Å². The molecule has 3 rings (SSSR count). The molecule has 1 amide bonds. The van der Waals surface area contributed by atoms with Crippen molar-refractivity contribution in [3.63, 3.8) is 0 Å². The summed E-state index contributed by atoms with van der Waals surface area (Å²) in [6, 6.07) is 2.03. The smallest absolute Gasteiger partial charge is 0.228 e. The van der Waals surface area contributed by atoms with Gasteiger partial charge >= 0.3 is 0 Å². The lowest BCUT2D eigenvalue weighted by atomic mass is 9.88. The number of methoxy groups -OCH3 is 1. The average Bonchev–Trinajstić information content (AvgIpc) is 2.63. The molecule has 126 valence electrons. The van der Waals surface area contributed by atoms with E-state index in [1.165, 1.54) is 19.3 Å². The summed E-state index contributed by atoms with van der Waals surface area (Å²) in [5, 5.41) is 3.25. The second kappa shape index (κ2) is 7.62. The third kappa shape index (κ3) is 4.12. The molecule has 23 heavy (non-hydrogen) atoms. The molecule has 0 radical (unpaired) electrons. The number of hydrogen-bond acceptors (Lipinski definition) is 5. The number of ether oxygens (including phenoxy) is 1. The third-order valence-corrected chi connectivity index (χ3v) is 4.93. The molecule has 1 saturated heterocycles. The molecule has 0 unspecified atom stereocenters. The van der Waals surface area contributed by atoms with E-state index < -0.39 is 0 Å². The van der Waals surface area contributed by atoms with Crippen LogP contribution in [0.15, 0.2) is 12.3 Å². The molecule has 1 aliphatic carbocycles. The van der Waals surface area contributed by atoms with E-state index in [1.54, 1.807) is 19.4 Å². The largest absolute Gasteiger partial charge is 0.481 e. The number of carbonyl (C=O) groups excluding carboxylic acids is 1. The minimum absolute atomic E-state index is 0.239. The zero-order chi connectivity index (χ0) is 16.1. The Bertz CT molecular complexity index is 523. The van der Waals surface area contributed by atoms with Crippen LogP contribution in [0.2, 0.25) is 0 Å². The Hall–Kier alpha value is -1.85. The Morgan fingerprint density at radius 1 is 1.22 bits per heavy atom. The highest BCUT2D eigenvalue weighted by Crippen LogP contribution is 2.24. The van der Waals surface area contributed by atoms with Gasteiger partial charge in [0.1, 0.15) is 0 Å². The zero-order valence-corrected chi connectivity index (χ0v) is 13.8. The Morgan fingerprint density at radius 2 is 1.96 bits per heavy atom. The number of nitrogens with zero attached hydrogens (tertiary/aromatic N) is 3.